The number of rotatable bonds is 43. The highest BCUT2D eigenvalue weighted by atomic mass is 32.2. The monoisotopic (exact) mass is 977 g/mol. The summed E-state index contributed by atoms with van der Waals surface area (Å²) < 4.78 is 54.2. The Morgan fingerprint density at radius 2 is 0.926 bits per heavy atom. The van der Waals surface area contributed by atoms with Gasteiger partial charge in [-0.05, 0) is 89.9 Å². The quantitative estimate of drug-likeness (QED) is 0.0196. The van der Waals surface area contributed by atoms with E-state index in [-0.39, 0.29) is 19.4 Å². The molecule has 390 valence electrons. The minimum atomic E-state index is -4.62. The number of carbonyl (C=O) groups excluding carboxylic acids is 2. The summed E-state index contributed by atoms with van der Waals surface area (Å²) in [5.74, 6) is -2.04. The molecule has 6 unspecified atom stereocenters. The van der Waals surface area contributed by atoms with Crippen LogP contribution in [0.3, 0.4) is 0 Å². The third kappa shape index (κ3) is 37.7. The molecule has 0 aromatic carbocycles. The summed E-state index contributed by atoms with van der Waals surface area (Å²) in [5.41, 5.74) is 0. The van der Waals surface area contributed by atoms with Gasteiger partial charge in [0.1, 0.15) is 36.8 Å². The predicted molar refractivity (Wildman–Crippen MR) is 274 cm³/mol. The Morgan fingerprint density at radius 3 is 1.40 bits per heavy atom. The molecule has 0 aromatic rings. The first-order valence-corrected chi connectivity index (χ1v) is 27.8. The van der Waals surface area contributed by atoms with E-state index in [0.717, 1.165) is 83.5 Å². The van der Waals surface area contributed by atoms with Crippen molar-refractivity contribution in [2.75, 3.05) is 19.0 Å². The summed E-state index contributed by atoms with van der Waals surface area (Å²) >= 11 is 0. The molecule has 0 radical (unpaired) electrons. The second-order valence-corrected chi connectivity index (χ2v) is 19.3. The molecule has 1 heterocycles. The Hall–Kier alpha value is -3.17. The minimum absolute atomic E-state index is 0.120. The maximum atomic E-state index is 12.9. The van der Waals surface area contributed by atoms with Crippen LogP contribution in [0, 0.1) is 0 Å². The van der Waals surface area contributed by atoms with E-state index in [1.165, 1.54) is 70.6 Å². The lowest BCUT2D eigenvalue weighted by atomic mass is 10.00. The van der Waals surface area contributed by atoms with Gasteiger partial charge >= 0.3 is 11.9 Å². The molecule has 0 aromatic heterocycles. The van der Waals surface area contributed by atoms with E-state index in [2.05, 4.69) is 98.9 Å². The van der Waals surface area contributed by atoms with E-state index in [4.69, 9.17) is 18.9 Å². The molecular weight excluding hydrogens is 885 g/mol. The highest BCUT2D eigenvalue weighted by Gasteiger charge is 2.46. The third-order valence-electron chi connectivity index (χ3n) is 11.5. The molecule has 13 heteroatoms. The van der Waals surface area contributed by atoms with Gasteiger partial charge in [-0.1, -0.05) is 176 Å². The van der Waals surface area contributed by atoms with Crippen LogP contribution in [0.25, 0.3) is 0 Å². The number of aliphatic hydroxyl groups is 3. The summed E-state index contributed by atoms with van der Waals surface area (Å²) in [6.45, 7) is 3.62. The predicted octanol–water partition coefficient (Wildman–Crippen LogP) is 12.0. The van der Waals surface area contributed by atoms with E-state index >= 15 is 0 Å². The summed E-state index contributed by atoms with van der Waals surface area (Å²) in [4.78, 5) is 25.5. The van der Waals surface area contributed by atoms with Gasteiger partial charge in [0.05, 0.1) is 6.61 Å². The van der Waals surface area contributed by atoms with Crippen molar-refractivity contribution in [2.45, 2.75) is 230 Å². The normalized spacial score (nSPS) is 19.9. The van der Waals surface area contributed by atoms with E-state index in [0.29, 0.717) is 12.8 Å². The summed E-state index contributed by atoms with van der Waals surface area (Å²) in [6, 6.07) is 0. The van der Waals surface area contributed by atoms with Crippen LogP contribution in [-0.4, -0.2) is 96.0 Å². The van der Waals surface area contributed by atoms with Gasteiger partial charge in [0, 0.05) is 12.8 Å². The fraction of sp³-hybridized carbons (Fsp3) is 0.709. The fourth-order valence-electron chi connectivity index (χ4n) is 7.44. The number of ether oxygens (including phenoxy) is 4. The molecule has 0 saturated carbocycles. The Morgan fingerprint density at radius 1 is 0.515 bits per heavy atom. The first-order valence-electron chi connectivity index (χ1n) is 26.1. The molecule has 12 nitrogen and oxygen atoms in total. The molecule has 0 spiro atoms. The lowest BCUT2D eigenvalue weighted by molar-refractivity contribution is -0.297. The van der Waals surface area contributed by atoms with Gasteiger partial charge in [-0.2, -0.15) is 8.42 Å². The maximum Gasteiger partial charge on any atom is 0.306 e. The maximum absolute atomic E-state index is 12.9. The Labute approximate surface area is 411 Å². The average molecular weight is 977 g/mol. The van der Waals surface area contributed by atoms with E-state index in [9.17, 15) is 37.9 Å². The van der Waals surface area contributed by atoms with Crippen LogP contribution in [0.5, 0.6) is 0 Å². The zero-order valence-electron chi connectivity index (χ0n) is 41.9. The first kappa shape index (κ1) is 62.8. The minimum Gasteiger partial charge on any atom is -0.462 e. The van der Waals surface area contributed by atoms with Crippen LogP contribution in [0.15, 0.2) is 85.1 Å². The number of carbonyl (C=O) groups is 2. The standard InChI is InChI=1S/C55H92O12S/c1-3-5-7-9-11-13-15-17-19-21-23-24-26-27-29-31-33-35-37-39-41-43-50(56)64-45-48(46-65-55-54(60)53(59)52(58)49(67-55)47-68(61,62)63)66-51(57)44-42-40-38-36-34-32-30-28-25-22-20-18-16-14-12-10-8-6-4-2/h6,8,12,14-15,17-18,20-21,23,25,28,32,34,48-49,52-55,58-60H,3-5,7,9-11,13,16,19,22,24,26-27,29-31,33,35-47H2,1-2H3,(H,61,62,63)/b8-6-,14-12-,17-15-,20-18-,23-21-,28-25-,34-32-. The Bertz CT molecular complexity index is 1570. The zero-order valence-corrected chi connectivity index (χ0v) is 42.7. The van der Waals surface area contributed by atoms with Crippen LogP contribution < -0.4 is 0 Å². The van der Waals surface area contributed by atoms with Crippen molar-refractivity contribution in [3.8, 4) is 0 Å². The van der Waals surface area contributed by atoms with Gasteiger partial charge in [-0.25, -0.2) is 0 Å². The molecular formula is C55H92O12S. The van der Waals surface area contributed by atoms with E-state index in [1.54, 1.807) is 0 Å². The van der Waals surface area contributed by atoms with Crippen LogP contribution >= 0.6 is 0 Å². The van der Waals surface area contributed by atoms with Crippen molar-refractivity contribution >= 4 is 22.1 Å². The second kappa shape index (κ2) is 43.8. The molecule has 0 aliphatic carbocycles. The molecule has 0 bridgehead atoms. The van der Waals surface area contributed by atoms with Crippen LogP contribution in [-0.2, 0) is 38.7 Å². The summed E-state index contributed by atoms with van der Waals surface area (Å²) in [6.07, 6.45) is 49.0. The molecule has 1 aliphatic heterocycles. The average Bonchev–Trinajstić information content (AvgIpc) is 3.31. The molecule has 1 fully saturated rings. The number of hydrogen-bond donors (Lipinski definition) is 4. The first-order chi connectivity index (χ1) is 33.0. The number of unbranched alkanes of at least 4 members (excludes halogenated alkanes) is 17. The van der Waals surface area contributed by atoms with Gasteiger partial charge in [-0.3, -0.25) is 14.1 Å². The summed E-state index contributed by atoms with van der Waals surface area (Å²) in [7, 11) is -4.62. The summed E-state index contributed by atoms with van der Waals surface area (Å²) in [5, 5.41) is 31.0. The van der Waals surface area contributed by atoms with Crippen molar-refractivity contribution in [1.29, 1.82) is 0 Å². The third-order valence-corrected chi connectivity index (χ3v) is 12.2. The van der Waals surface area contributed by atoms with Crippen LogP contribution in [0.4, 0.5) is 0 Å². The van der Waals surface area contributed by atoms with Crippen molar-refractivity contribution in [3.63, 3.8) is 0 Å². The molecule has 1 rings (SSSR count). The van der Waals surface area contributed by atoms with Crippen LogP contribution in [0.1, 0.15) is 194 Å². The molecule has 1 aliphatic rings. The zero-order chi connectivity index (χ0) is 49.8. The van der Waals surface area contributed by atoms with Crippen molar-refractivity contribution < 1.29 is 56.8 Å². The van der Waals surface area contributed by atoms with E-state index in [1.807, 2.05) is 0 Å². The Kier molecular flexibility index (Phi) is 40.5. The number of aliphatic hydroxyl groups excluding tert-OH is 3. The van der Waals surface area contributed by atoms with Gasteiger partial charge in [-0.15, -0.1) is 0 Å². The van der Waals surface area contributed by atoms with Crippen molar-refractivity contribution in [3.05, 3.63) is 85.1 Å². The van der Waals surface area contributed by atoms with Crippen molar-refractivity contribution in [1.82, 2.24) is 0 Å². The van der Waals surface area contributed by atoms with Gasteiger partial charge in [0.25, 0.3) is 10.1 Å². The lowest BCUT2D eigenvalue weighted by Crippen LogP contribution is -2.60. The molecule has 68 heavy (non-hydrogen) atoms. The second-order valence-electron chi connectivity index (χ2n) is 17.8. The SMILES string of the molecule is CC/C=C\C/C=C\C/C=C\C/C=C\C/C=C\CCCCCC(=O)OC(COC(=O)CCCCCCCCCCC/C=C\C/C=C\CCCCCCC)COC1OC(CS(=O)(=O)O)C(O)C(O)C1O. The van der Waals surface area contributed by atoms with Gasteiger partial charge in [0.15, 0.2) is 12.4 Å². The highest BCUT2D eigenvalue weighted by molar-refractivity contribution is 7.85. The number of hydrogen-bond acceptors (Lipinski definition) is 11. The van der Waals surface area contributed by atoms with Crippen molar-refractivity contribution in [2.24, 2.45) is 0 Å². The lowest BCUT2D eigenvalue weighted by Gasteiger charge is -2.40. The number of allylic oxidation sites excluding steroid dienone is 14. The fourth-order valence-corrected chi connectivity index (χ4v) is 8.13. The van der Waals surface area contributed by atoms with E-state index < -0.39 is 71.2 Å². The highest BCUT2D eigenvalue weighted by Crippen LogP contribution is 2.24. The molecule has 6 atom stereocenters. The Balaban J connectivity index is 2.40. The topological polar surface area (TPSA) is 186 Å². The number of esters is 2. The molecule has 4 N–H and O–H groups in total. The van der Waals surface area contributed by atoms with Gasteiger partial charge in [0.2, 0.25) is 0 Å². The van der Waals surface area contributed by atoms with Gasteiger partial charge < -0.3 is 34.3 Å². The largest absolute Gasteiger partial charge is 0.462 e. The smallest absolute Gasteiger partial charge is 0.306 e. The molecule has 0 amide bonds. The van der Waals surface area contributed by atoms with Crippen LogP contribution in [0.2, 0.25) is 0 Å². The molecule has 1 saturated heterocycles.